The standard InChI is InChI=1S/C25H31FN4O3.2C2HF3O2/c1-30(9-11-33-13-12-32-10-7-27)16-17-2-4-18(5-3-17)24-20-6-8-28-25(31)21-14-19(26)15-22(29-24)23(20)21;2*3-2(4,5)1(6)7/h2-5,14-15,29H,6-13,16,27H2,1H3,(H,28,31);2*(H,6,7). The number of nitrogens with one attached hydrogen (secondary N) is 2. The molecule has 0 aliphatic carbocycles. The zero-order chi connectivity index (χ0) is 35.4. The minimum Gasteiger partial charge on any atom is -0.475 e. The molecule has 260 valence electrons. The van der Waals surface area contributed by atoms with Crippen molar-refractivity contribution in [1.82, 2.24) is 15.2 Å². The normalized spacial score (nSPS) is 12.9. The molecule has 1 aliphatic rings. The number of aliphatic carboxylic acids is 2. The number of likely N-dealkylation sites (N-methyl/N-ethyl adjacent to an activating group) is 1. The molecule has 0 radical (unpaired) electrons. The monoisotopic (exact) mass is 682 g/mol. The highest BCUT2D eigenvalue weighted by Gasteiger charge is 2.38. The minimum absolute atomic E-state index is 0.228. The van der Waals surface area contributed by atoms with Gasteiger partial charge >= 0.3 is 24.3 Å². The van der Waals surface area contributed by atoms with E-state index in [1.807, 2.05) is 0 Å². The largest absolute Gasteiger partial charge is 0.490 e. The number of H-pyrrole nitrogens is 1. The van der Waals surface area contributed by atoms with Gasteiger partial charge < -0.3 is 35.7 Å². The van der Waals surface area contributed by atoms with Crippen molar-refractivity contribution in [2.45, 2.75) is 25.3 Å². The number of nitrogens with zero attached hydrogens (tertiary/aromatic N) is 1. The molecule has 3 aromatic rings. The van der Waals surface area contributed by atoms with Gasteiger partial charge in [0.1, 0.15) is 5.82 Å². The van der Waals surface area contributed by atoms with Crippen LogP contribution in [0, 0.1) is 5.82 Å². The summed E-state index contributed by atoms with van der Waals surface area (Å²) in [5.41, 5.74) is 10.6. The Morgan fingerprint density at radius 2 is 1.49 bits per heavy atom. The van der Waals surface area contributed by atoms with Crippen LogP contribution < -0.4 is 11.1 Å². The second-order valence-corrected chi connectivity index (χ2v) is 9.91. The van der Waals surface area contributed by atoms with Crippen LogP contribution in [0.25, 0.3) is 22.2 Å². The van der Waals surface area contributed by atoms with Gasteiger partial charge in [0.05, 0.1) is 32.0 Å². The molecule has 1 aromatic heterocycles. The van der Waals surface area contributed by atoms with E-state index in [1.54, 1.807) is 0 Å². The summed E-state index contributed by atoms with van der Waals surface area (Å²) < 4.78 is 88.4. The highest BCUT2D eigenvalue weighted by Crippen LogP contribution is 2.35. The second kappa shape index (κ2) is 17.6. The lowest BCUT2D eigenvalue weighted by atomic mass is 9.99. The average Bonchev–Trinajstić information content (AvgIpc) is 3.25. The van der Waals surface area contributed by atoms with E-state index in [0.717, 1.165) is 35.3 Å². The maximum atomic E-state index is 14.1. The molecule has 4 rings (SSSR count). The van der Waals surface area contributed by atoms with E-state index in [4.69, 9.17) is 35.0 Å². The summed E-state index contributed by atoms with van der Waals surface area (Å²) in [5, 5.41) is 17.9. The van der Waals surface area contributed by atoms with Gasteiger partial charge in [-0.3, -0.25) is 9.69 Å². The first-order valence-corrected chi connectivity index (χ1v) is 13.8. The van der Waals surface area contributed by atoms with Crippen molar-refractivity contribution in [3.05, 3.63) is 58.9 Å². The molecule has 0 spiro atoms. The first-order chi connectivity index (χ1) is 21.9. The quantitative estimate of drug-likeness (QED) is 0.149. The van der Waals surface area contributed by atoms with Gasteiger partial charge in [0.25, 0.3) is 5.91 Å². The van der Waals surface area contributed by atoms with Crippen LogP contribution >= 0.6 is 0 Å². The minimum atomic E-state index is -5.08. The first-order valence-electron chi connectivity index (χ1n) is 13.8. The molecule has 0 saturated heterocycles. The molecule has 2 aromatic carbocycles. The van der Waals surface area contributed by atoms with Crippen LogP contribution in [-0.4, -0.2) is 103 Å². The molecule has 18 heteroatoms. The Morgan fingerprint density at radius 3 is 2.02 bits per heavy atom. The number of amides is 1. The van der Waals surface area contributed by atoms with Gasteiger partial charge in [0.15, 0.2) is 0 Å². The summed E-state index contributed by atoms with van der Waals surface area (Å²) in [6.07, 6.45) is -9.47. The summed E-state index contributed by atoms with van der Waals surface area (Å²) in [7, 11) is 2.06. The Labute approximate surface area is 263 Å². The molecule has 11 nitrogen and oxygen atoms in total. The Hall–Kier alpha value is -4.26. The highest BCUT2D eigenvalue weighted by molar-refractivity contribution is 6.10. The van der Waals surface area contributed by atoms with Gasteiger partial charge in [0.2, 0.25) is 0 Å². The van der Waals surface area contributed by atoms with Gasteiger partial charge in [-0.2, -0.15) is 26.3 Å². The fourth-order valence-electron chi connectivity index (χ4n) is 4.23. The average molecular weight is 683 g/mol. The predicted octanol–water partition coefficient (Wildman–Crippen LogP) is 3.95. The number of nitrogens with two attached hydrogens (primary N) is 1. The molecule has 6 N–H and O–H groups in total. The summed E-state index contributed by atoms with van der Waals surface area (Å²) in [4.78, 5) is 35.7. The van der Waals surface area contributed by atoms with E-state index < -0.39 is 30.1 Å². The fraction of sp³-hybridized carbons (Fsp3) is 0.414. The van der Waals surface area contributed by atoms with Crippen molar-refractivity contribution < 1.29 is 64.8 Å². The van der Waals surface area contributed by atoms with Crippen LogP contribution in [-0.2, 0) is 32.0 Å². The lowest BCUT2D eigenvalue weighted by molar-refractivity contribution is -0.193. The number of rotatable bonds is 11. The topological polar surface area (TPSA) is 167 Å². The van der Waals surface area contributed by atoms with E-state index in [0.29, 0.717) is 57.0 Å². The van der Waals surface area contributed by atoms with Gasteiger partial charge in [-0.15, -0.1) is 0 Å². The van der Waals surface area contributed by atoms with Gasteiger partial charge in [-0.25, -0.2) is 14.0 Å². The molecule has 0 unspecified atom stereocenters. The number of benzene rings is 2. The number of hydrogen-bond donors (Lipinski definition) is 5. The molecule has 2 heterocycles. The van der Waals surface area contributed by atoms with E-state index in [9.17, 15) is 35.5 Å². The van der Waals surface area contributed by atoms with E-state index in [-0.39, 0.29) is 5.91 Å². The van der Waals surface area contributed by atoms with Crippen LogP contribution in [0.3, 0.4) is 0 Å². The molecule has 47 heavy (non-hydrogen) atoms. The number of halogens is 7. The molecular formula is C29H33F7N4O7. The smallest absolute Gasteiger partial charge is 0.475 e. The zero-order valence-electron chi connectivity index (χ0n) is 24.9. The predicted molar refractivity (Wildman–Crippen MR) is 154 cm³/mol. The van der Waals surface area contributed by atoms with E-state index in [2.05, 4.69) is 46.5 Å². The third-order valence-electron chi connectivity index (χ3n) is 6.30. The number of carboxylic acids is 2. The number of carbonyl (C=O) groups excluding carboxylic acids is 1. The maximum Gasteiger partial charge on any atom is 0.490 e. The van der Waals surface area contributed by atoms with E-state index >= 15 is 0 Å². The molecule has 0 fully saturated rings. The molecule has 0 bridgehead atoms. The lowest BCUT2D eigenvalue weighted by Gasteiger charge is -2.17. The number of carboxylic acid groups (broad SMARTS) is 2. The molecule has 1 amide bonds. The third kappa shape index (κ3) is 12.5. The van der Waals surface area contributed by atoms with Crippen LogP contribution in [0.5, 0.6) is 0 Å². The number of carbonyl (C=O) groups is 3. The van der Waals surface area contributed by atoms with Gasteiger partial charge in [-0.05, 0) is 42.3 Å². The van der Waals surface area contributed by atoms with Crippen molar-refractivity contribution in [3.63, 3.8) is 0 Å². The number of aromatic amines is 1. The van der Waals surface area contributed by atoms with Crippen molar-refractivity contribution >= 4 is 28.7 Å². The van der Waals surface area contributed by atoms with Crippen molar-refractivity contribution in [1.29, 1.82) is 0 Å². The molecule has 0 saturated carbocycles. The maximum absolute atomic E-state index is 14.1. The van der Waals surface area contributed by atoms with Crippen molar-refractivity contribution in [3.8, 4) is 11.3 Å². The lowest BCUT2D eigenvalue weighted by Crippen LogP contribution is -2.23. The van der Waals surface area contributed by atoms with Gasteiger partial charge in [0, 0.05) is 42.8 Å². The summed E-state index contributed by atoms with van der Waals surface area (Å²) >= 11 is 0. The Kier molecular flexibility index (Phi) is 14.6. The van der Waals surface area contributed by atoms with Crippen molar-refractivity contribution in [2.24, 2.45) is 5.73 Å². The number of aromatic nitrogens is 1. The van der Waals surface area contributed by atoms with Crippen LogP contribution in [0.2, 0.25) is 0 Å². The van der Waals surface area contributed by atoms with Gasteiger partial charge in [-0.1, -0.05) is 24.3 Å². The molecular weight excluding hydrogens is 649 g/mol. The fourth-order valence-corrected chi connectivity index (χ4v) is 4.23. The van der Waals surface area contributed by atoms with Crippen LogP contribution in [0.4, 0.5) is 30.7 Å². The Bertz CT molecular complexity index is 1470. The Morgan fingerprint density at radius 1 is 0.936 bits per heavy atom. The number of alkyl halides is 6. The van der Waals surface area contributed by atoms with E-state index in [1.165, 1.54) is 17.7 Å². The molecule has 0 atom stereocenters. The second-order valence-electron chi connectivity index (χ2n) is 9.91. The molecule has 1 aliphatic heterocycles. The number of ether oxygens (including phenoxy) is 2. The van der Waals surface area contributed by atoms with Crippen molar-refractivity contribution in [2.75, 3.05) is 53.1 Å². The summed E-state index contributed by atoms with van der Waals surface area (Å²) in [5.74, 6) is -6.16. The number of hydrogen-bond acceptors (Lipinski definition) is 7. The first kappa shape index (κ1) is 38.9. The van der Waals surface area contributed by atoms with Crippen LogP contribution in [0.1, 0.15) is 21.5 Å². The summed E-state index contributed by atoms with van der Waals surface area (Å²) in [6, 6.07) is 11.1. The van der Waals surface area contributed by atoms with Crippen LogP contribution in [0.15, 0.2) is 36.4 Å². The highest BCUT2D eigenvalue weighted by atomic mass is 19.4. The summed E-state index contributed by atoms with van der Waals surface area (Å²) in [6.45, 7) is 5.02. The SMILES string of the molecule is CN(CCOCCOCCN)Cc1ccc(-c2[nH]c3cc(F)cc4c3c2CCNC4=O)cc1.O=C(O)C(F)(F)F.O=C(O)C(F)(F)F. The zero-order valence-corrected chi connectivity index (χ0v) is 24.9. The third-order valence-corrected chi connectivity index (χ3v) is 6.30. The Balaban J connectivity index is 0.000000459.